The van der Waals surface area contributed by atoms with Gasteiger partial charge >= 0.3 is 12.1 Å². The molecule has 0 aromatic carbocycles. The van der Waals surface area contributed by atoms with Gasteiger partial charge in [0.05, 0.1) is 0 Å². The van der Waals surface area contributed by atoms with Gasteiger partial charge in [0.25, 0.3) is 0 Å². The van der Waals surface area contributed by atoms with E-state index in [1.165, 1.54) is 18.4 Å². The average Bonchev–Trinajstić information content (AvgIpc) is 2.74. The number of carbonyl (C=O) groups is 2. The van der Waals surface area contributed by atoms with Gasteiger partial charge in [-0.25, -0.2) is 9.59 Å². The molecule has 0 fully saturated rings. The summed E-state index contributed by atoms with van der Waals surface area (Å²) in [4.78, 5) is 25.2. The van der Waals surface area contributed by atoms with Gasteiger partial charge < -0.3 is 9.84 Å². The molecule has 0 saturated carbocycles. The quantitative estimate of drug-likeness (QED) is 0.923. The zero-order valence-electron chi connectivity index (χ0n) is 11.5. The summed E-state index contributed by atoms with van der Waals surface area (Å²) in [6.07, 6.45) is -0.348. The Balaban J connectivity index is 2.76. The molecule has 0 unspecified atom stereocenters. The normalized spacial score (nSPS) is 12.8. The van der Waals surface area contributed by atoms with Crippen molar-refractivity contribution in [1.29, 1.82) is 0 Å². The third-order valence-electron chi connectivity index (χ3n) is 2.41. The zero-order chi connectivity index (χ0) is 14.6. The number of hydrogen-bond donors (Lipinski definition) is 1. The number of likely N-dealkylation sites (N-methyl/N-ethyl adjacent to an activating group) is 1. The van der Waals surface area contributed by atoms with Crippen LogP contribution in [-0.2, 0) is 16.0 Å². The molecule has 1 atom stereocenters. The number of ether oxygens (including phenoxy) is 1. The van der Waals surface area contributed by atoms with Crippen molar-refractivity contribution in [3.8, 4) is 0 Å². The molecule has 0 saturated heterocycles. The molecular formula is C13H19NO4S. The van der Waals surface area contributed by atoms with Crippen LogP contribution in [0.25, 0.3) is 0 Å². The predicted molar refractivity (Wildman–Crippen MR) is 73.4 cm³/mol. The third-order valence-corrected chi connectivity index (χ3v) is 3.31. The van der Waals surface area contributed by atoms with E-state index in [9.17, 15) is 14.7 Å². The summed E-state index contributed by atoms with van der Waals surface area (Å²) in [5.41, 5.74) is -0.642. The minimum absolute atomic E-state index is 0.280. The van der Waals surface area contributed by atoms with Gasteiger partial charge in [-0.3, -0.25) is 4.90 Å². The summed E-state index contributed by atoms with van der Waals surface area (Å²) < 4.78 is 5.18. The molecule has 1 amide bonds. The van der Waals surface area contributed by atoms with Crippen LogP contribution in [0.15, 0.2) is 17.5 Å². The summed E-state index contributed by atoms with van der Waals surface area (Å²) in [7, 11) is 1.44. The fraction of sp³-hybridized carbons (Fsp3) is 0.538. The van der Waals surface area contributed by atoms with Crippen LogP contribution in [0.4, 0.5) is 4.79 Å². The van der Waals surface area contributed by atoms with Crippen LogP contribution in [0.5, 0.6) is 0 Å². The van der Waals surface area contributed by atoms with Gasteiger partial charge in [0.1, 0.15) is 11.6 Å². The van der Waals surface area contributed by atoms with Crippen LogP contribution in [0, 0.1) is 0 Å². The lowest BCUT2D eigenvalue weighted by molar-refractivity contribution is -0.142. The van der Waals surface area contributed by atoms with E-state index in [0.717, 1.165) is 9.78 Å². The predicted octanol–water partition coefficient (Wildman–Crippen LogP) is 2.61. The lowest BCUT2D eigenvalue weighted by atomic mass is 10.1. The minimum Gasteiger partial charge on any atom is -0.480 e. The topological polar surface area (TPSA) is 66.8 Å². The maximum absolute atomic E-state index is 11.9. The van der Waals surface area contributed by atoms with Crippen molar-refractivity contribution < 1.29 is 19.4 Å². The number of carboxylic acids is 1. The Morgan fingerprint density at radius 3 is 2.53 bits per heavy atom. The smallest absolute Gasteiger partial charge is 0.410 e. The van der Waals surface area contributed by atoms with E-state index in [4.69, 9.17) is 4.74 Å². The number of carbonyl (C=O) groups excluding carboxylic acids is 1. The largest absolute Gasteiger partial charge is 0.480 e. The SMILES string of the molecule is CN(C(=O)OC(C)(C)C)[C@H](Cc1cccs1)C(=O)O. The van der Waals surface area contributed by atoms with E-state index in [-0.39, 0.29) is 6.42 Å². The molecule has 0 radical (unpaired) electrons. The Morgan fingerprint density at radius 1 is 1.47 bits per heavy atom. The summed E-state index contributed by atoms with van der Waals surface area (Å²) >= 11 is 1.47. The molecular weight excluding hydrogens is 266 g/mol. The highest BCUT2D eigenvalue weighted by Gasteiger charge is 2.30. The Bertz CT molecular complexity index is 436. The number of aliphatic carboxylic acids is 1. The minimum atomic E-state index is -1.04. The van der Waals surface area contributed by atoms with Crippen molar-refractivity contribution in [2.45, 2.75) is 38.8 Å². The van der Waals surface area contributed by atoms with Crippen LogP contribution in [0.2, 0.25) is 0 Å². The standard InChI is InChI=1S/C13H19NO4S/c1-13(2,3)18-12(17)14(4)10(11(15)16)8-9-6-5-7-19-9/h5-7,10H,8H2,1-4H3,(H,15,16)/t10-/m1/s1. The summed E-state index contributed by atoms with van der Waals surface area (Å²) in [5, 5.41) is 11.1. The van der Waals surface area contributed by atoms with Crippen LogP contribution in [0.3, 0.4) is 0 Å². The van der Waals surface area contributed by atoms with Crippen LogP contribution in [-0.4, -0.2) is 40.8 Å². The first-order chi connectivity index (χ1) is 8.70. The zero-order valence-corrected chi connectivity index (χ0v) is 12.4. The second-order valence-corrected chi connectivity index (χ2v) is 6.26. The molecule has 106 valence electrons. The second-order valence-electron chi connectivity index (χ2n) is 5.23. The van der Waals surface area contributed by atoms with Crippen molar-refractivity contribution in [2.75, 3.05) is 7.05 Å². The van der Waals surface area contributed by atoms with Crippen molar-refractivity contribution in [3.63, 3.8) is 0 Å². The fourth-order valence-corrected chi connectivity index (χ4v) is 2.21. The molecule has 1 rings (SSSR count). The molecule has 0 spiro atoms. The van der Waals surface area contributed by atoms with Gasteiger partial charge in [-0.1, -0.05) is 6.07 Å². The van der Waals surface area contributed by atoms with E-state index < -0.39 is 23.7 Å². The first kappa shape index (κ1) is 15.5. The molecule has 0 bridgehead atoms. The van der Waals surface area contributed by atoms with Crippen LogP contribution in [0.1, 0.15) is 25.6 Å². The van der Waals surface area contributed by atoms with Crippen molar-refractivity contribution in [2.24, 2.45) is 0 Å². The number of thiophene rings is 1. The highest BCUT2D eigenvalue weighted by Crippen LogP contribution is 2.16. The Labute approximate surface area is 116 Å². The average molecular weight is 285 g/mol. The third kappa shape index (κ3) is 4.90. The van der Waals surface area contributed by atoms with Gasteiger partial charge in [-0.05, 0) is 32.2 Å². The Hall–Kier alpha value is -1.56. The van der Waals surface area contributed by atoms with Gasteiger partial charge in [-0.15, -0.1) is 11.3 Å². The number of amides is 1. The summed E-state index contributed by atoms with van der Waals surface area (Å²) in [5.74, 6) is -1.04. The first-order valence-electron chi connectivity index (χ1n) is 5.91. The maximum Gasteiger partial charge on any atom is 0.410 e. The van der Waals surface area contributed by atoms with E-state index in [1.54, 1.807) is 20.8 Å². The fourth-order valence-electron chi connectivity index (χ4n) is 1.47. The van der Waals surface area contributed by atoms with Gasteiger partial charge in [0, 0.05) is 18.3 Å². The van der Waals surface area contributed by atoms with E-state index in [0.29, 0.717) is 0 Å². The molecule has 19 heavy (non-hydrogen) atoms. The molecule has 0 aliphatic rings. The van der Waals surface area contributed by atoms with Crippen LogP contribution < -0.4 is 0 Å². The molecule has 1 heterocycles. The lowest BCUT2D eigenvalue weighted by Gasteiger charge is -2.28. The van der Waals surface area contributed by atoms with Crippen LogP contribution >= 0.6 is 11.3 Å². The molecule has 6 heteroatoms. The van der Waals surface area contributed by atoms with E-state index in [2.05, 4.69) is 0 Å². The molecule has 1 aromatic rings. The van der Waals surface area contributed by atoms with Crippen molar-refractivity contribution >= 4 is 23.4 Å². The summed E-state index contributed by atoms with van der Waals surface area (Å²) in [6, 6.07) is 2.78. The van der Waals surface area contributed by atoms with E-state index in [1.807, 2.05) is 17.5 Å². The van der Waals surface area contributed by atoms with Gasteiger partial charge in [-0.2, -0.15) is 0 Å². The second kappa shape index (κ2) is 6.06. The number of rotatable bonds is 4. The van der Waals surface area contributed by atoms with Gasteiger partial charge in [0.2, 0.25) is 0 Å². The monoisotopic (exact) mass is 285 g/mol. The molecule has 1 aromatic heterocycles. The molecule has 0 aliphatic heterocycles. The Morgan fingerprint density at radius 2 is 2.11 bits per heavy atom. The van der Waals surface area contributed by atoms with Crippen molar-refractivity contribution in [3.05, 3.63) is 22.4 Å². The Kier molecular flexibility index (Phi) is 4.94. The van der Waals surface area contributed by atoms with E-state index >= 15 is 0 Å². The lowest BCUT2D eigenvalue weighted by Crippen LogP contribution is -2.45. The highest BCUT2D eigenvalue weighted by molar-refractivity contribution is 7.09. The molecule has 1 N–H and O–H groups in total. The molecule has 0 aliphatic carbocycles. The number of nitrogens with zero attached hydrogens (tertiary/aromatic N) is 1. The van der Waals surface area contributed by atoms with Gasteiger partial charge in [0.15, 0.2) is 0 Å². The number of hydrogen-bond acceptors (Lipinski definition) is 4. The van der Waals surface area contributed by atoms with Crippen molar-refractivity contribution in [1.82, 2.24) is 4.90 Å². The molecule has 5 nitrogen and oxygen atoms in total. The summed E-state index contributed by atoms with van der Waals surface area (Å²) in [6.45, 7) is 5.23. The maximum atomic E-state index is 11.9. The highest BCUT2D eigenvalue weighted by atomic mass is 32.1. The first-order valence-corrected chi connectivity index (χ1v) is 6.79. The number of carboxylic acid groups (broad SMARTS) is 1.